The van der Waals surface area contributed by atoms with Crippen LogP contribution in [0.3, 0.4) is 0 Å². The van der Waals surface area contributed by atoms with Gasteiger partial charge in [-0.1, -0.05) is 109 Å². The number of rotatable bonds is 4. The van der Waals surface area contributed by atoms with Crippen molar-refractivity contribution in [1.82, 2.24) is 24.5 Å². The van der Waals surface area contributed by atoms with Crippen LogP contribution in [0.1, 0.15) is 0 Å². The monoisotopic (exact) mass is 615 g/mol. The minimum atomic E-state index is 0.529. The Kier molecular flexibility index (Phi) is 5.77. The van der Waals surface area contributed by atoms with Crippen molar-refractivity contribution in [3.05, 3.63) is 152 Å². The van der Waals surface area contributed by atoms with E-state index in [2.05, 4.69) is 125 Å². The van der Waals surface area contributed by atoms with E-state index in [0.29, 0.717) is 23.2 Å². The van der Waals surface area contributed by atoms with Gasteiger partial charge in [0.1, 0.15) is 5.58 Å². The molecule has 0 radical (unpaired) electrons. The lowest BCUT2D eigenvalue weighted by molar-refractivity contribution is 0.667. The summed E-state index contributed by atoms with van der Waals surface area (Å²) in [7, 11) is 0. The van der Waals surface area contributed by atoms with Crippen LogP contribution in [0.25, 0.3) is 94.4 Å². The minimum absolute atomic E-state index is 0.529. The molecule has 10 aromatic rings. The lowest BCUT2D eigenvalue weighted by Gasteiger charge is -2.12. The molecule has 0 bridgehead atoms. The molecule has 4 aromatic heterocycles. The van der Waals surface area contributed by atoms with E-state index in [9.17, 15) is 0 Å². The van der Waals surface area contributed by atoms with E-state index in [1.807, 2.05) is 30.5 Å². The van der Waals surface area contributed by atoms with Gasteiger partial charge in [0.15, 0.2) is 17.2 Å². The maximum atomic E-state index is 6.20. The molecule has 224 valence electrons. The summed E-state index contributed by atoms with van der Waals surface area (Å²) >= 11 is 0. The lowest BCUT2D eigenvalue weighted by atomic mass is 10.00. The van der Waals surface area contributed by atoms with Gasteiger partial charge in [-0.05, 0) is 52.2 Å². The Morgan fingerprint density at radius 3 is 1.85 bits per heavy atom. The number of hydrogen-bond donors (Lipinski definition) is 0. The van der Waals surface area contributed by atoms with Crippen molar-refractivity contribution in [2.24, 2.45) is 0 Å². The number of para-hydroxylation sites is 3. The lowest BCUT2D eigenvalue weighted by Crippen LogP contribution is -2.06. The SMILES string of the molecule is c1ccc(-c2ccc3cc(-c4nc(-c5cncc6oc7ccccc7c56)nc(-n5c6ccccc6c6ccccc65)n4)ccc3c2)cc1. The summed E-state index contributed by atoms with van der Waals surface area (Å²) in [5, 5.41) is 6.46. The van der Waals surface area contributed by atoms with Crippen LogP contribution >= 0.6 is 0 Å². The molecule has 10 rings (SSSR count). The molecule has 0 aliphatic heterocycles. The van der Waals surface area contributed by atoms with Gasteiger partial charge in [0.2, 0.25) is 5.95 Å². The molecule has 0 N–H and O–H groups in total. The van der Waals surface area contributed by atoms with Crippen molar-refractivity contribution in [3.8, 4) is 39.9 Å². The first-order valence-electron chi connectivity index (χ1n) is 15.9. The molecule has 0 saturated heterocycles. The topological polar surface area (TPSA) is 69.6 Å². The van der Waals surface area contributed by atoms with Crippen LogP contribution in [0.4, 0.5) is 0 Å². The quantitative estimate of drug-likeness (QED) is 0.197. The minimum Gasteiger partial charge on any atom is -0.454 e. The Morgan fingerprint density at radius 2 is 1.08 bits per heavy atom. The Balaban J connectivity index is 1.23. The predicted molar refractivity (Wildman–Crippen MR) is 193 cm³/mol. The van der Waals surface area contributed by atoms with Crippen molar-refractivity contribution in [2.45, 2.75) is 0 Å². The molecule has 6 aromatic carbocycles. The second kappa shape index (κ2) is 10.4. The molecule has 0 aliphatic rings. The van der Waals surface area contributed by atoms with Crippen LogP contribution in [0, 0.1) is 0 Å². The highest BCUT2D eigenvalue weighted by Crippen LogP contribution is 2.37. The molecular formula is C42H25N5O. The van der Waals surface area contributed by atoms with Crippen molar-refractivity contribution < 1.29 is 4.42 Å². The normalized spacial score (nSPS) is 11.8. The fraction of sp³-hybridized carbons (Fsp3) is 0. The molecule has 0 saturated carbocycles. The molecule has 48 heavy (non-hydrogen) atoms. The van der Waals surface area contributed by atoms with E-state index in [4.69, 9.17) is 19.4 Å². The molecule has 6 nitrogen and oxygen atoms in total. The first-order valence-corrected chi connectivity index (χ1v) is 15.9. The summed E-state index contributed by atoms with van der Waals surface area (Å²) in [5.41, 5.74) is 7.60. The highest BCUT2D eigenvalue weighted by atomic mass is 16.3. The summed E-state index contributed by atoms with van der Waals surface area (Å²) < 4.78 is 8.33. The summed E-state index contributed by atoms with van der Waals surface area (Å²) in [5.74, 6) is 1.65. The summed E-state index contributed by atoms with van der Waals surface area (Å²) in [4.78, 5) is 20.0. The van der Waals surface area contributed by atoms with Gasteiger partial charge in [-0.25, -0.2) is 4.98 Å². The molecule has 0 unspecified atom stereocenters. The molecular weight excluding hydrogens is 590 g/mol. The van der Waals surface area contributed by atoms with E-state index >= 15 is 0 Å². The van der Waals surface area contributed by atoms with E-state index < -0.39 is 0 Å². The molecule has 0 fully saturated rings. The Morgan fingerprint density at radius 1 is 0.458 bits per heavy atom. The van der Waals surface area contributed by atoms with Crippen LogP contribution in [0.5, 0.6) is 0 Å². The molecule has 0 atom stereocenters. The smallest absolute Gasteiger partial charge is 0.238 e. The first-order chi connectivity index (χ1) is 23.8. The number of aromatic nitrogens is 5. The highest BCUT2D eigenvalue weighted by Gasteiger charge is 2.20. The molecule has 4 heterocycles. The third-order valence-corrected chi connectivity index (χ3v) is 9.14. The Hall–Kier alpha value is -6.66. The van der Waals surface area contributed by atoms with Crippen molar-refractivity contribution in [2.75, 3.05) is 0 Å². The fourth-order valence-electron chi connectivity index (χ4n) is 6.89. The van der Waals surface area contributed by atoms with Gasteiger partial charge in [0.25, 0.3) is 0 Å². The van der Waals surface area contributed by atoms with Gasteiger partial charge in [-0.15, -0.1) is 0 Å². The van der Waals surface area contributed by atoms with Crippen LogP contribution < -0.4 is 0 Å². The van der Waals surface area contributed by atoms with Crippen LogP contribution in [0.15, 0.2) is 156 Å². The first kappa shape index (κ1) is 26.5. The third kappa shape index (κ3) is 4.13. The van der Waals surface area contributed by atoms with Gasteiger partial charge in [0.05, 0.1) is 17.2 Å². The van der Waals surface area contributed by atoms with Crippen LogP contribution in [-0.2, 0) is 0 Å². The van der Waals surface area contributed by atoms with Gasteiger partial charge < -0.3 is 4.42 Å². The molecule has 0 spiro atoms. The number of nitrogens with zero attached hydrogens (tertiary/aromatic N) is 5. The fourth-order valence-corrected chi connectivity index (χ4v) is 6.89. The van der Waals surface area contributed by atoms with Crippen molar-refractivity contribution >= 4 is 54.5 Å². The van der Waals surface area contributed by atoms with E-state index in [0.717, 1.165) is 60.1 Å². The van der Waals surface area contributed by atoms with E-state index in [-0.39, 0.29) is 0 Å². The maximum Gasteiger partial charge on any atom is 0.238 e. The van der Waals surface area contributed by atoms with Gasteiger partial charge >= 0.3 is 0 Å². The van der Waals surface area contributed by atoms with E-state index in [1.54, 1.807) is 6.20 Å². The van der Waals surface area contributed by atoms with Gasteiger partial charge in [0, 0.05) is 38.9 Å². The maximum absolute atomic E-state index is 6.20. The standard InChI is InChI=1S/C42H25N5O/c1-2-10-26(11-3-1)27-18-19-29-23-30(21-20-28(29)22-27)40-44-41(34-24-43-25-38-39(34)33-14-6-9-17-37(33)48-38)46-42(45-40)47-35-15-7-4-12-31(35)32-13-5-8-16-36(32)47/h1-25H. The zero-order chi connectivity index (χ0) is 31.6. The number of furan rings is 1. The van der Waals surface area contributed by atoms with Crippen molar-refractivity contribution in [3.63, 3.8) is 0 Å². The van der Waals surface area contributed by atoms with E-state index in [1.165, 1.54) is 11.1 Å². The number of benzene rings is 6. The molecule has 6 heteroatoms. The predicted octanol–water partition coefficient (Wildman–Crippen LogP) is 10.4. The summed E-state index contributed by atoms with van der Waals surface area (Å²) in [6, 6.07) is 48.2. The highest BCUT2D eigenvalue weighted by molar-refractivity contribution is 6.12. The summed E-state index contributed by atoms with van der Waals surface area (Å²) in [6.45, 7) is 0. The van der Waals surface area contributed by atoms with Crippen molar-refractivity contribution in [1.29, 1.82) is 0 Å². The largest absolute Gasteiger partial charge is 0.454 e. The van der Waals surface area contributed by atoms with Crippen LogP contribution in [-0.4, -0.2) is 24.5 Å². The van der Waals surface area contributed by atoms with Crippen LogP contribution in [0.2, 0.25) is 0 Å². The average molecular weight is 616 g/mol. The zero-order valence-electron chi connectivity index (χ0n) is 25.6. The Labute approximate surface area is 274 Å². The summed E-state index contributed by atoms with van der Waals surface area (Å²) in [6.07, 6.45) is 3.58. The third-order valence-electron chi connectivity index (χ3n) is 9.14. The molecule has 0 aliphatic carbocycles. The molecule has 0 amide bonds. The number of pyridine rings is 1. The Bertz CT molecular complexity index is 2800. The second-order valence-corrected chi connectivity index (χ2v) is 12.0. The zero-order valence-corrected chi connectivity index (χ0v) is 25.6. The number of fused-ring (bicyclic) bond motifs is 7. The van der Waals surface area contributed by atoms with Gasteiger partial charge in [-0.3, -0.25) is 9.55 Å². The van der Waals surface area contributed by atoms with Gasteiger partial charge in [-0.2, -0.15) is 9.97 Å². The average Bonchev–Trinajstić information content (AvgIpc) is 3.71. The number of hydrogen-bond acceptors (Lipinski definition) is 5. The second-order valence-electron chi connectivity index (χ2n) is 12.0.